The van der Waals surface area contributed by atoms with E-state index in [4.69, 9.17) is 4.98 Å². The summed E-state index contributed by atoms with van der Waals surface area (Å²) in [5, 5.41) is 10.5. The first kappa shape index (κ1) is 12.6. The highest BCUT2D eigenvalue weighted by Crippen LogP contribution is 2.35. The van der Waals surface area contributed by atoms with Crippen molar-refractivity contribution in [2.75, 3.05) is 4.90 Å². The second kappa shape index (κ2) is 4.94. The minimum Gasteiger partial charge on any atom is -0.391 e. The van der Waals surface area contributed by atoms with Crippen LogP contribution in [0.1, 0.15) is 41.5 Å². The van der Waals surface area contributed by atoms with E-state index in [1.807, 2.05) is 0 Å². The summed E-state index contributed by atoms with van der Waals surface area (Å²) in [6.45, 7) is 6.18. The molecule has 1 N–H and O–H groups in total. The minimum absolute atomic E-state index is 0.0893. The molecule has 0 fully saturated rings. The van der Waals surface area contributed by atoms with Crippen LogP contribution in [0.2, 0.25) is 0 Å². The van der Waals surface area contributed by atoms with Gasteiger partial charge in [-0.1, -0.05) is 49.4 Å². The number of anilines is 1. The van der Waals surface area contributed by atoms with Crippen molar-refractivity contribution in [1.29, 1.82) is 0 Å². The monoisotopic (exact) mass is 274 g/mol. The molecule has 4 heteroatoms. The van der Waals surface area contributed by atoms with E-state index >= 15 is 0 Å². The first-order valence-corrected chi connectivity index (χ1v) is 7.43. The predicted octanol–water partition coefficient (Wildman–Crippen LogP) is 3.28. The lowest BCUT2D eigenvalue weighted by molar-refractivity contribution is 0.283. The summed E-state index contributed by atoms with van der Waals surface area (Å²) < 4.78 is 0. The Hall–Kier alpha value is -1.39. The van der Waals surface area contributed by atoms with E-state index in [0.29, 0.717) is 5.92 Å². The molecule has 0 unspecified atom stereocenters. The van der Waals surface area contributed by atoms with Gasteiger partial charge in [-0.2, -0.15) is 0 Å². The van der Waals surface area contributed by atoms with E-state index in [1.165, 1.54) is 11.1 Å². The van der Waals surface area contributed by atoms with Crippen LogP contribution in [0, 0.1) is 0 Å². The summed E-state index contributed by atoms with van der Waals surface area (Å²) in [7, 11) is 0. The lowest BCUT2D eigenvalue weighted by Crippen LogP contribution is -2.14. The Morgan fingerprint density at radius 3 is 2.37 bits per heavy atom. The normalized spacial score (nSPS) is 14.2. The van der Waals surface area contributed by atoms with Crippen molar-refractivity contribution in [2.24, 2.45) is 0 Å². The second-order valence-corrected chi connectivity index (χ2v) is 6.30. The average Bonchev–Trinajstić information content (AvgIpc) is 3.02. The molecule has 3 rings (SSSR count). The Kier molecular flexibility index (Phi) is 3.29. The molecule has 100 valence electrons. The Morgan fingerprint density at radius 2 is 1.89 bits per heavy atom. The third kappa shape index (κ3) is 2.26. The molecule has 0 spiro atoms. The third-order valence-corrected chi connectivity index (χ3v) is 4.63. The highest BCUT2D eigenvalue weighted by atomic mass is 32.1. The van der Waals surface area contributed by atoms with Crippen molar-refractivity contribution in [3.05, 3.63) is 46.0 Å². The third-order valence-electron chi connectivity index (χ3n) is 3.52. The number of aliphatic hydroxyl groups excluding tert-OH is 1. The largest absolute Gasteiger partial charge is 0.391 e. The molecule has 0 radical (unpaired) electrons. The highest BCUT2D eigenvalue weighted by Gasteiger charge is 2.23. The summed E-state index contributed by atoms with van der Waals surface area (Å²) in [6, 6.07) is 8.53. The molecule has 1 aromatic heterocycles. The van der Waals surface area contributed by atoms with Crippen LogP contribution in [0.4, 0.5) is 5.13 Å². The van der Waals surface area contributed by atoms with Gasteiger partial charge in [-0.3, -0.25) is 0 Å². The van der Waals surface area contributed by atoms with E-state index < -0.39 is 0 Å². The topological polar surface area (TPSA) is 36.4 Å². The number of aliphatic hydroxyl groups is 1. The second-order valence-electron chi connectivity index (χ2n) is 5.24. The van der Waals surface area contributed by atoms with Crippen molar-refractivity contribution >= 4 is 16.5 Å². The molecule has 0 saturated heterocycles. The summed E-state index contributed by atoms with van der Waals surface area (Å²) in [5.41, 5.74) is 3.81. The Balaban J connectivity index is 1.89. The average molecular weight is 274 g/mol. The van der Waals surface area contributed by atoms with Gasteiger partial charge in [-0.05, 0) is 17.0 Å². The van der Waals surface area contributed by atoms with Crippen molar-refractivity contribution in [3.8, 4) is 0 Å². The van der Waals surface area contributed by atoms with Crippen LogP contribution in [0.3, 0.4) is 0 Å². The maximum Gasteiger partial charge on any atom is 0.186 e. The van der Waals surface area contributed by atoms with Crippen LogP contribution in [0.25, 0.3) is 0 Å². The zero-order chi connectivity index (χ0) is 13.4. The molecule has 2 heterocycles. The van der Waals surface area contributed by atoms with Crippen molar-refractivity contribution in [1.82, 2.24) is 4.98 Å². The molecule has 0 atom stereocenters. The first-order valence-electron chi connectivity index (χ1n) is 6.61. The fourth-order valence-electron chi connectivity index (χ4n) is 2.52. The number of nitrogens with zero attached hydrogens (tertiary/aromatic N) is 2. The molecule has 0 amide bonds. The molecule has 3 nitrogen and oxygen atoms in total. The van der Waals surface area contributed by atoms with Crippen LogP contribution in [-0.2, 0) is 19.7 Å². The summed E-state index contributed by atoms with van der Waals surface area (Å²) in [5.74, 6) is 0.358. The molecule has 2 aromatic rings. The van der Waals surface area contributed by atoms with Gasteiger partial charge in [0.2, 0.25) is 0 Å². The summed E-state index contributed by atoms with van der Waals surface area (Å²) in [4.78, 5) is 8.02. The molecule has 1 aliphatic rings. The SMILES string of the molecule is CC(C)c1nc(N2Cc3ccccc3C2)sc1CO. The number of thiazole rings is 1. The number of hydrogen-bond acceptors (Lipinski definition) is 4. The van der Waals surface area contributed by atoms with Crippen molar-refractivity contribution < 1.29 is 5.11 Å². The maximum atomic E-state index is 9.45. The van der Waals surface area contributed by atoms with Crippen molar-refractivity contribution in [2.45, 2.75) is 39.5 Å². The molecule has 0 saturated carbocycles. The van der Waals surface area contributed by atoms with Gasteiger partial charge in [0.25, 0.3) is 0 Å². The summed E-state index contributed by atoms with van der Waals surface area (Å²) >= 11 is 1.62. The molecule has 1 aromatic carbocycles. The van der Waals surface area contributed by atoms with Crippen LogP contribution >= 0.6 is 11.3 Å². The van der Waals surface area contributed by atoms with Crippen LogP contribution in [-0.4, -0.2) is 10.1 Å². The Labute approximate surface area is 117 Å². The lowest BCUT2D eigenvalue weighted by Gasteiger charge is -2.13. The number of benzene rings is 1. The first-order chi connectivity index (χ1) is 9.19. The van der Waals surface area contributed by atoms with Crippen LogP contribution < -0.4 is 4.90 Å². The minimum atomic E-state index is 0.0893. The molecule has 1 aliphatic heterocycles. The molecule has 19 heavy (non-hydrogen) atoms. The fourth-order valence-corrected chi connectivity index (χ4v) is 3.59. The van der Waals surface area contributed by atoms with Gasteiger partial charge in [0.05, 0.1) is 17.2 Å². The number of rotatable bonds is 3. The van der Waals surface area contributed by atoms with E-state index in [0.717, 1.165) is 28.8 Å². The Morgan fingerprint density at radius 1 is 1.26 bits per heavy atom. The van der Waals surface area contributed by atoms with E-state index in [9.17, 15) is 5.11 Å². The predicted molar refractivity (Wildman–Crippen MR) is 78.5 cm³/mol. The van der Waals surface area contributed by atoms with Crippen LogP contribution in [0.15, 0.2) is 24.3 Å². The number of hydrogen-bond donors (Lipinski definition) is 1. The van der Waals surface area contributed by atoms with Gasteiger partial charge in [-0.25, -0.2) is 4.98 Å². The fraction of sp³-hybridized carbons (Fsp3) is 0.400. The van der Waals surface area contributed by atoms with Crippen molar-refractivity contribution in [3.63, 3.8) is 0 Å². The van der Waals surface area contributed by atoms with Gasteiger partial charge in [0.15, 0.2) is 5.13 Å². The van der Waals surface area contributed by atoms with Gasteiger partial charge >= 0.3 is 0 Å². The van der Waals surface area contributed by atoms with Gasteiger partial charge in [-0.15, -0.1) is 0 Å². The molecule has 0 bridgehead atoms. The molecule has 0 aliphatic carbocycles. The highest BCUT2D eigenvalue weighted by molar-refractivity contribution is 7.15. The Bertz CT molecular complexity index is 567. The summed E-state index contributed by atoms with van der Waals surface area (Å²) in [6.07, 6.45) is 0. The maximum absolute atomic E-state index is 9.45. The van der Waals surface area contributed by atoms with Gasteiger partial charge < -0.3 is 10.0 Å². The van der Waals surface area contributed by atoms with Gasteiger partial charge in [0.1, 0.15) is 0 Å². The van der Waals surface area contributed by atoms with Gasteiger partial charge in [0, 0.05) is 13.1 Å². The number of fused-ring (bicyclic) bond motifs is 1. The lowest BCUT2D eigenvalue weighted by atomic mass is 10.1. The smallest absolute Gasteiger partial charge is 0.186 e. The quantitative estimate of drug-likeness (QED) is 0.933. The zero-order valence-electron chi connectivity index (χ0n) is 11.3. The van der Waals surface area contributed by atoms with Crippen LogP contribution in [0.5, 0.6) is 0 Å². The molecular formula is C15H18N2OS. The molecular weight excluding hydrogens is 256 g/mol. The number of aromatic nitrogens is 1. The standard InChI is InChI=1S/C15H18N2OS/c1-10(2)14-13(9-18)19-15(16-14)17-7-11-5-3-4-6-12(11)8-17/h3-6,10,18H,7-9H2,1-2H3. The van der Waals surface area contributed by atoms with E-state index in [2.05, 4.69) is 43.0 Å². The van der Waals surface area contributed by atoms with E-state index in [1.54, 1.807) is 11.3 Å². The van der Waals surface area contributed by atoms with E-state index in [-0.39, 0.29) is 6.61 Å². The zero-order valence-corrected chi connectivity index (χ0v) is 12.1.